The Hall–Kier alpha value is -0.610. The normalized spacial score (nSPS) is 13.9. The minimum atomic E-state index is 0.0460. The van der Waals surface area contributed by atoms with Crippen molar-refractivity contribution in [3.8, 4) is 0 Å². The summed E-state index contributed by atoms with van der Waals surface area (Å²) in [4.78, 5) is 13.5. The van der Waals surface area contributed by atoms with Crippen molar-refractivity contribution in [2.24, 2.45) is 5.92 Å². The zero-order valence-electron chi connectivity index (χ0n) is 11.6. The van der Waals surface area contributed by atoms with Gasteiger partial charge in [0.05, 0.1) is 0 Å². The van der Waals surface area contributed by atoms with Crippen molar-refractivity contribution in [2.75, 3.05) is 33.7 Å². The van der Waals surface area contributed by atoms with E-state index in [-0.39, 0.29) is 17.4 Å². The lowest BCUT2D eigenvalue weighted by molar-refractivity contribution is -0.124. The van der Waals surface area contributed by atoms with Gasteiger partial charge in [-0.15, -0.1) is 0 Å². The molecule has 0 bridgehead atoms. The van der Waals surface area contributed by atoms with Gasteiger partial charge in [0.15, 0.2) is 0 Å². The first-order valence-corrected chi connectivity index (χ1v) is 5.91. The maximum Gasteiger partial charge on any atom is 0.223 e. The molecule has 0 aliphatic rings. The minimum absolute atomic E-state index is 0.0460. The highest BCUT2D eigenvalue weighted by molar-refractivity contribution is 5.78. The quantitative estimate of drug-likeness (QED) is 0.704. The van der Waals surface area contributed by atoms with Crippen LogP contribution in [0.4, 0.5) is 0 Å². The van der Waals surface area contributed by atoms with Crippen LogP contribution in [0.5, 0.6) is 0 Å². The van der Waals surface area contributed by atoms with Crippen LogP contribution in [0.25, 0.3) is 0 Å². The van der Waals surface area contributed by atoms with Crippen LogP contribution in [-0.4, -0.2) is 50.1 Å². The van der Waals surface area contributed by atoms with Crippen molar-refractivity contribution < 1.29 is 4.79 Å². The topological polar surface area (TPSA) is 44.4 Å². The number of rotatable bonds is 6. The van der Waals surface area contributed by atoms with E-state index in [2.05, 4.69) is 36.3 Å². The van der Waals surface area contributed by atoms with Gasteiger partial charge in [0, 0.05) is 38.1 Å². The summed E-state index contributed by atoms with van der Waals surface area (Å²) < 4.78 is 0. The molecule has 96 valence electrons. The van der Waals surface area contributed by atoms with Crippen LogP contribution < -0.4 is 10.6 Å². The van der Waals surface area contributed by atoms with Gasteiger partial charge in [0.1, 0.15) is 0 Å². The second-order valence-corrected chi connectivity index (χ2v) is 5.45. The summed E-state index contributed by atoms with van der Waals surface area (Å²) in [6, 6.07) is 0. The molecule has 1 unspecified atom stereocenters. The van der Waals surface area contributed by atoms with Gasteiger partial charge in [0.2, 0.25) is 5.91 Å². The lowest BCUT2D eigenvalue weighted by Crippen LogP contribution is -2.42. The molecule has 0 aliphatic carbocycles. The van der Waals surface area contributed by atoms with Gasteiger partial charge in [-0.3, -0.25) is 4.79 Å². The van der Waals surface area contributed by atoms with Crippen LogP contribution in [0.1, 0.15) is 27.7 Å². The van der Waals surface area contributed by atoms with E-state index in [0.717, 1.165) is 19.6 Å². The van der Waals surface area contributed by atoms with Crippen LogP contribution in [0.15, 0.2) is 0 Å². The molecule has 0 saturated heterocycles. The third-order valence-corrected chi connectivity index (χ3v) is 2.43. The van der Waals surface area contributed by atoms with Crippen molar-refractivity contribution in [1.82, 2.24) is 15.5 Å². The number of carbonyl (C=O) groups excluding carboxylic acids is 1. The average molecular weight is 229 g/mol. The fourth-order valence-electron chi connectivity index (χ4n) is 1.51. The van der Waals surface area contributed by atoms with Gasteiger partial charge in [0.25, 0.3) is 0 Å². The second-order valence-electron chi connectivity index (χ2n) is 5.45. The zero-order chi connectivity index (χ0) is 12.8. The highest BCUT2D eigenvalue weighted by Gasteiger charge is 2.14. The van der Waals surface area contributed by atoms with Crippen molar-refractivity contribution in [1.29, 1.82) is 0 Å². The maximum absolute atomic E-state index is 11.3. The number of amides is 1. The van der Waals surface area contributed by atoms with Crippen LogP contribution in [-0.2, 0) is 4.79 Å². The van der Waals surface area contributed by atoms with E-state index in [0.29, 0.717) is 0 Å². The molecular weight excluding hydrogens is 202 g/mol. The lowest BCUT2D eigenvalue weighted by Gasteiger charge is -2.24. The van der Waals surface area contributed by atoms with Crippen molar-refractivity contribution in [3.05, 3.63) is 0 Å². The van der Waals surface area contributed by atoms with E-state index in [1.165, 1.54) is 0 Å². The molecule has 0 aromatic rings. The average Bonchev–Trinajstić information content (AvgIpc) is 2.14. The third kappa shape index (κ3) is 7.65. The molecule has 1 amide bonds. The van der Waals surface area contributed by atoms with Crippen LogP contribution >= 0.6 is 0 Å². The number of nitrogens with one attached hydrogen (secondary N) is 2. The summed E-state index contributed by atoms with van der Waals surface area (Å²) in [5.41, 5.74) is 0.160. The lowest BCUT2D eigenvalue weighted by atomic mass is 10.1. The molecular formula is C12H27N3O. The molecule has 0 aliphatic heterocycles. The van der Waals surface area contributed by atoms with Gasteiger partial charge in [-0.05, 0) is 27.8 Å². The molecule has 0 heterocycles. The van der Waals surface area contributed by atoms with Gasteiger partial charge < -0.3 is 15.5 Å². The van der Waals surface area contributed by atoms with Crippen molar-refractivity contribution in [3.63, 3.8) is 0 Å². The monoisotopic (exact) mass is 229 g/mol. The molecule has 0 radical (unpaired) electrons. The number of carbonyl (C=O) groups is 1. The van der Waals surface area contributed by atoms with E-state index in [4.69, 9.17) is 0 Å². The van der Waals surface area contributed by atoms with Gasteiger partial charge >= 0.3 is 0 Å². The SMILES string of the molecule is CNC(=O)C(C)CN(C)CCNC(C)(C)C. The van der Waals surface area contributed by atoms with Crippen LogP contribution in [0.2, 0.25) is 0 Å². The molecule has 0 aromatic heterocycles. The van der Waals surface area contributed by atoms with Crippen molar-refractivity contribution in [2.45, 2.75) is 33.2 Å². The second kappa shape index (κ2) is 6.86. The molecule has 0 saturated carbocycles. The van der Waals surface area contributed by atoms with E-state index in [9.17, 15) is 4.79 Å². The Labute approximate surface area is 99.8 Å². The summed E-state index contributed by atoms with van der Waals surface area (Å²) in [5.74, 6) is 0.153. The van der Waals surface area contributed by atoms with Gasteiger partial charge in [-0.2, -0.15) is 0 Å². The molecule has 1 atom stereocenters. The van der Waals surface area contributed by atoms with Crippen molar-refractivity contribution >= 4 is 5.91 Å². The molecule has 4 heteroatoms. The summed E-state index contributed by atoms with van der Waals surface area (Å²) in [6.45, 7) is 11.1. The Bertz CT molecular complexity index is 211. The number of hydrogen-bond acceptors (Lipinski definition) is 3. The molecule has 16 heavy (non-hydrogen) atoms. The van der Waals surface area contributed by atoms with Gasteiger partial charge in [-0.25, -0.2) is 0 Å². The molecule has 0 spiro atoms. The molecule has 0 rings (SSSR count). The fourth-order valence-corrected chi connectivity index (χ4v) is 1.51. The zero-order valence-corrected chi connectivity index (χ0v) is 11.6. The van der Waals surface area contributed by atoms with Crippen LogP contribution in [0, 0.1) is 5.92 Å². The highest BCUT2D eigenvalue weighted by Crippen LogP contribution is 1.99. The fraction of sp³-hybridized carbons (Fsp3) is 0.917. The first-order chi connectivity index (χ1) is 7.26. The minimum Gasteiger partial charge on any atom is -0.359 e. The standard InChI is InChI=1S/C12H27N3O/c1-10(11(16)13-5)9-15(6)8-7-14-12(2,3)4/h10,14H,7-9H2,1-6H3,(H,13,16). The molecule has 4 nitrogen and oxygen atoms in total. The van der Waals surface area contributed by atoms with Crippen LogP contribution in [0.3, 0.4) is 0 Å². The number of nitrogens with zero attached hydrogens (tertiary/aromatic N) is 1. The maximum atomic E-state index is 11.3. The van der Waals surface area contributed by atoms with E-state index >= 15 is 0 Å². The highest BCUT2D eigenvalue weighted by atomic mass is 16.1. The summed E-state index contributed by atoms with van der Waals surface area (Å²) >= 11 is 0. The predicted octanol–water partition coefficient (Wildman–Crippen LogP) is 0.688. The van der Waals surface area contributed by atoms with E-state index in [1.807, 2.05) is 14.0 Å². The summed E-state index contributed by atoms with van der Waals surface area (Å²) in [7, 11) is 3.73. The smallest absolute Gasteiger partial charge is 0.223 e. The summed E-state index contributed by atoms with van der Waals surface area (Å²) in [6.07, 6.45) is 0. The van der Waals surface area contributed by atoms with Gasteiger partial charge in [-0.1, -0.05) is 6.92 Å². The molecule has 0 aromatic carbocycles. The number of hydrogen-bond donors (Lipinski definition) is 2. The largest absolute Gasteiger partial charge is 0.359 e. The Balaban J connectivity index is 3.74. The first-order valence-electron chi connectivity index (χ1n) is 5.91. The molecule has 2 N–H and O–H groups in total. The Morgan fingerprint density at radius 1 is 1.38 bits per heavy atom. The number of likely N-dealkylation sites (N-methyl/N-ethyl adjacent to an activating group) is 1. The Morgan fingerprint density at radius 2 is 1.94 bits per heavy atom. The Kier molecular flexibility index (Phi) is 6.60. The predicted molar refractivity (Wildman–Crippen MR) is 68.5 cm³/mol. The summed E-state index contributed by atoms with van der Waals surface area (Å²) in [5, 5.41) is 6.10. The molecule has 0 fully saturated rings. The third-order valence-electron chi connectivity index (χ3n) is 2.43. The first kappa shape index (κ1) is 15.4. The van der Waals surface area contributed by atoms with E-state index in [1.54, 1.807) is 7.05 Å². The van der Waals surface area contributed by atoms with E-state index < -0.39 is 0 Å². The Morgan fingerprint density at radius 3 is 2.38 bits per heavy atom.